The first kappa shape index (κ1) is 7.75. The van der Waals surface area contributed by atoms with Gasteiger partial charge in [0.1, 0.15) is 0 Å². The summed E-state index contributed by atoms with van der Waals surface area (Å²) in [6, 6.07) is 0. The van der Waals surface area contributed by atoms with Gasteiger partial charge in [-0.05, 0) is 7.05 Å². The van der Waals surface area contributed by atoms with E-state index in [0.29, 0.717) is 4.90 Å². The van der Waals surface area contributed by atoms with E-state index in [1.165, 1.54) is 6.92 Å². The van der Waals surface area contributed by atoms with Crippen LogP contribution in [0.4, 0.5) is 13.2 Å². The molecule has 0 amide bonds. The summed E-state index contributed by atoms with van der Waals surface area (Å²) < 4.78 is 34.1. The summed E-state index contributed by atoms with van der Waals surface area (Å²) >= 11 is 0. The Morgan fingerprint density at radius 3 is 1.75 bits per heavy atom. The molecule has 0 aliphatic heterocycles. The molecule has 4 heteroatoms. The van der Waals surface area contributed by atoms with E-state index in [1.54, 1.807) is 0 Å². The molecule has 50 valence electrons. The second kappa shape index (κ2) is 2.35. The monoisotopic (exact) mass is 127 g/mol. The topological polar surface area (TPSA) is 3.24 Å². The van der Waals surface area contributed by atoms with Gasteiger partial charge in [0, 0.05) is 6.54 Å². The molecule has 0 rings (SSSR count). The Balaban J connectivity index is 3.62. The predicted octanol–water partition coefficient (Wildman–Crippen LogP) is 1.46. The molecule has 0 spiro atoms. The molecule has 0 fully saturated rings. The number of hydrogen-bond donors (Lipinski definition) is 0. The van der Waals surface area contributed by atoms with Crippen LogP contribution in [0.2, 0.25) is 0 Å². The Kier molecular flexibility index (Phi) is 2.27. The van der Waals surface area contributed by atoms with E-state index in [-0.39, 0.29) is 6.54 Å². The molecule has 0 radical (unpaired) electrons. The average Bonchev–Trinajstić information content (AvgIpc) is 1.62. The molecule has 0 aromatic carbocycles. The Morgan fingerprint density at radius 2 is 1.75 bits per heavy atom. The minimum atomic E-state index is -4.16. The Bertz CT molecular complexity index is 68.2. The van der Waals surface area contributed by atoms with E-state index >= 15 is 0 Å². The van der Waals surface area contributed by atoms with Crippen LogP contribution in [0.15, 0.2) is 0 Å². The van der Waals surface area contributed by atoms with Crippen LogP contribution in [0.5, 0.6) is 0 Å². The molecule has 0 aromatic rings. The normalized spacial score (nSPS) is 12.8. The number of hydrogen-bond acceptors (Lipinski definition) is 1. The minimum Gasteiger partial charge on any atom is -0.218 e. The van der Waals surface area contributed by atoms with Crippen LogP contribution in [0.3, 0.4) is 0 Å². The van der Waals surface area contributed by atoms with Crippen LogP contribution in [-0.4, -0.2) is 24.8 Å². The van der Waals surface area contributed by atoms with Crippen molar-refractivity contribution in [1.29, 1.82) is 0 Å². The van der Waals surface area contributed by atoms with Crippen LogP contribution in [0.25, 0.3) is 0 Å². The zero-order valence-electron chi connectivity index (χ0n) is 4.79. The quantitative estimate of drug-likeness (QED) is 0.482. The number of alkyl halides is 3. The molecule has 8 heavy (non-hydrogen) atoms. The van der Waals surface area contributed by atoms with Gasteiger partial charge in [-0.2, -0.15) is 13.2 Å². The minimum absolute atomic E-state index is 0.00347. The third-order valence-electron chi connectivity index (χ3n) is 0.907. The fourth-order valence-corrected chi connectivity index (χ4v) is 0.179. The Hall–Kier alpha value is -0.250. The molecular weight excluding hydrogens is 119 g/mol. The maximum Gasteiger partial charge on any atom is 0.459 e. The molecule has 0 aromatic heterocycles. The van der Waals surface area contributed by atoms with Gasteiger partial charge in [-0.15, -0.1) is 0 Å². The summed E-state index contributed by atoms with van der Waals surface area (Å²) in [5.74, 6) is 0. The van der Waals surface area contributed by atoms with Gasteiger partial charge in [0.05, 0.1) is 0 Å². The fourth-order valence-electron chi connectivity index (χ4n) is 0.179. The zero-order valence-corrected chi connectivity index (χ0v) is 4.79. The smallest absolute Gasteiger partial charge is 0.218 e. The molecule has 0 aliphatic rings. The van der Waals surface area contributed by atoms with Crippen molar-refractivity contribution < 1.29 is 13.2 Å². The van der Waals surface area contributed by atoms with Crippen molar-refractivity contribution in [3.05, 3.63) is 0 Å². The highest BCUT2D eigenvalue weighted by molar-refractivity contribution is 4.46. The molecular formula is C4H8F3N. The van der Waals surface area contributed by atoms with Crippen molar-refractivity contribution in [2.45, 2.75) is 13.2 Å². The number of nitrogens with zero attached hydrogens (tertiary/aromatic N) is 1. The third-order valence-corrected chi connectivity index (χ3v) is 0.907. The summed E-state index contributed by atoms with van der Waals surface area (Å²) in [5, 5.41) is 0. The summed E-state index contributed by atoms with van der Waals surface area (Å²) in [6.45, 7) is 1.46. The summed E-state index contributed by atoms with van der Waals surface area (Å²) in [4.78, 5) is 0.312. The maximum atomic E-state index is 11.4. The van der Waals surface area contributed by atoms with Crippen LogP contribution >= 0.6 is 0 Å². The van der Waals surface area contributed by atoms with Crippen LogP contribution in [0, 0.1) is 0 Å². The van der Waals surface area contributed by atoms with Gasteiger partial charge < -0.3 is 0 Å². The molecule has 0 bridgehead atoms. The van der Waals surface area contributed by atoms with Crippen LogP contribution in [0.1, 0.15) is 6.92 Å². The van der Waals surface area contributed by atoms with Gasteiger partial charge in [0.2, 0.25) is 0 Å². The molecule has 0 saturated heterocycles. The predicted molar refractivity (Wildman–Crippen MR) is 24.4 cm³/mol. The van der Waals surface area contributed by atoms with Crippen LogP contribution < -0.4 is 0 Å². The van der Waals surface area contributed by atoms with Crippen LogP contribution in [-0.2, 0) is 0 Å². The SMILES string of the molecule is CCN(C)C(F)(F)F. The van der Waals surface area contributed by atoms with Crippen molar-refractivity contribution in [1.82, 2.24) is 4.90 Å². The molecule has 0 saturated carbocycles. The van der Waals surface area contributed by atoms with Gasteiger partial charge in [-0.1, -0.05) is 6.92 Å². The lowest BCUT2D eigenvalue weighted by atomic mass is 10.7. The third kappa shape index (κ3) is 2.16. The highest BCUT2D eigenvalue weighted by Gasteiger charge is 2.32. The Labute approximate surface area is 46.1 Å². The van der Waals surface area contributed by atoms with Gasteiger partial charge in [-0.3, -0.25) is 0 Å². The summed E-state index contributed by atoms with van der Waals surface area (Å²) in [5.41, 5.74) is 0. The summed E-state index contributed by atoms with van der Waals surface area (Å²) in [6.07, 6.45) is -4.16. The van der Waals surface area contributed by atoms with Crippen molar-refractivity contribution in [3.8, 4) is 0 Å². The standard InChI is InChI=1S/C4H8F3N/c1-3-8(2)4(5,6)7/h3H2,1-2H3. The largest absolute Gasteiger partial charge is 0.459 e. The highest BCUT2D eigenvalue weighted by Crippen LogP contribution is 2.17. The average molecular weight is 127 g/mol. The highest BCUT2D eigenvalue weighted by atomic mass is 19.4. The number of halogens is 3. The second-order valence-corrected chi connectivity index (χ2v) is 1.48. The number of rotatable bonds is 1. The van der Waals surface area contributed by atoms with Gasteiger partial charge in [0.15, 0.2) is 0 Å². The van der Waals surface area contributed by atoms with Crippen molar-refractivity contribution >= 4 is 0 Å². The van der Waals surface area contributed by atoms with Gasteiger partial charge in [-0.25, -0.2) is 4.90 Å². The zero-order chi connectivity index (χ0) is 6.78. The van der Waals surface area contributed by atoms with E-state index in [9.17, 15) is 13.2 Å². The van der Waals surface area contributed by atoms with Crippen molar-refractivity contribution in [2.75, 3.05) is 13.6 Å². The summed E-state index contributed by atoms with van der Waals surface area (Å²) in [7, 11) is 1.01. The second-order valence-electron chi connectivity index (χ2n) is 1.48. The Morgan fingerprint density at radius 1 is 1.38 bits per heavy atom. The lowest BCUT2D eigenvalue weighted by molar-refractivity contribution is -0.235. The van der Waals surface area contributed by atoms with Gasteiger partial charge >= 0.3 is 6.30 Å². The molecule has 0 atom stereocenters. The first-order valence-corrected chi connectivity index (χ1v) is 2.26. The first-order chi connectivity index (χ1) is 3.48. The van der Waals surface area contributed by atoms with E-state index in [1.807, 2.05) is 0 Å². The lowest BCUT2D eigenvalue weighted by Gasteiger charge is -2.16. The fraction of sp³-hybridized carbons (Fsp3) is 1.00. The lowest BCUT2D eigenvalue weighted by Crippen LogP contribution is -2.33. The molecule has 0 unspecified atom stereocenters. The molecule has 0 heterocycles. The van der Waals surface area contributed by atoms with E-state index in [2.05, 4.69) is 0 Å². The maximum absolute atomic E-state index is 11.4. The van der Waals surface area contributed by atoms with Gasteiger partial charge in [0.25, 0.3) is 0 Å². The molecule has 0 N–H and O–H groups in total. The van der Waals surface area contributed by atoms with E-state index < -0.39 is 6.30 Å². The van der Waals surface area contributed by atoms with Crippen molar-refractivity contribution in [2.24, 2.45) is 0 Å². The molecule has 0 aliphatic carbocycles. The first-order valence-electron chi connectivity index (χ1n) is 2.26. The van der Waals surface area contributed by atoms with Crippen molar-refractivity contribution in [3.63, 3.8) is 0 Å². The van der Waals surface area contributed by atoms with E-state index in [4.69, 9.17) is 0 Å². The molecule has 1 nitrogen and oxygen atoms in total. The van der Waals surface area contributed by atoms with E-state index in [0.717, 1.165) is 7.05 Å².